The number of thioether (sulfide) groups is 1. The predicted molar refractivity (Wildman–Crippen MR) is 102 cm³/mol. The summed E-state index contributed by atoms with van der Waals surface area (Å²) in [6, 6.07) is 12.3. The zero-order chi connectivity index (χ0) is 17.6. The van der Waals surface area contributed by atoms with Crippen molar-refractivity contribution in [2.24, 2.45) is 0 Å². The van der Waals surface area contributed by atoms with Gasteiger partial charge in [0.15, 0.2) is 0 Å². The molecule has 1 N–H and O–H groups in total. The largest absolute Gasteiger partial charge is 0.369 e. The summed E-state index contributed by atoms with van der Waals surface area (Å²) in [7, 11) is 1.83. The summed E-state index contributed by atoms with van der Waals surface area (Å²) in [6.45, 7) is 4.87. The number of nitrogens with zero attached hydrogens (tertiary/aromatic N) is 4. The zero-order valence-corrected chi connectivity index (χ0v) is 15.4. The molecule has 0 saturated carbocycles. The molecule has 1 aliphatic heterocycles. The SMILES string of the molecule is CC(CNc1cc(N2CCN(C)C(=O)C2)ncn1)Sc1ccccc1. The lowest BCUT2D eigenvalue weighted by Crippen LogP contribution is -2.48. The Morgan fingerprint density at radius 1 is 1.24 bits per heavy atom. The van der Waals surface area contributed by atoms with E-state index in [0.717, 1.165) is 31.3 Å². The number of piperazine rings is 1. The van der Waals surface area contributed by atoms with Gasteiger partial charge in [0.2, 0.25) is 5.91 Å². The number of amides is 1. The van der Waals surface area contributed by atoms with Crippen molar-refractivity contribution in [1.29, 1.82) is 0 Å². The fraction of sp³-hybridized carbons (Fsp3) is 0.389. The molecule has 1 atom stereocenters. The van der Waals surface area contributed by atoms with E-state index in [1.165, 1.54) is 4.90 Å². The molecule has 132 valence electrons. The number of carbonyl (C=O) groups excluding carboxylic acids is 1. The molecule has 3 rings (SSSR count). The van der Waals surface area contributed by atoms with E-state index in [-0.39, 0.29) is 5.91 Å². The topological polar surface area (TPSA) is 61.4 Å². The molecule has 25 heavy (non-hydrogen) atoms. The summed E-state index contributed by atoms with van der Waals surface area (Å²) in [4.78, 5) is 25.5. The zero-order valence-electron chi connectivity index (χ0n) is 14.6. The van der Waals surface area contributed by atoms with Gasteiger partial charge in [0.25, 0.3) is 0 Å². The lowest BCUT2D eigenvalue weighted by Gasteiger charge is -2.32. The highest BCUT2D eigenvalue weighted by molar-refractivity contribution is 8.00. The van der Waals surface area contributed by atoms with Crippen molar-refractivity contribution in [2.75, 3.05) is 43.4 Å². The Morgan fingerprint density at radius 3 is 2.80 bits per heavy atom. The highest BCUT2D eigenvalue weighted by atomic mass is 32.2. The monoisotopic (exact) mass is 357 g/mol. The van der Waals surface area contributed by atoms with Crippen molar-refractivity contribution in [3.63, 3.8) is 0 Å². The second kappa shape index (κ2) is 8.20. The molecule has 1 aromatic heterocycles. The molecule has 1 saturated heterocycles. The van der Waals surface area contributed by atoms with Crippen LogP contribution in [0, 0.1) is 0 Å². The van der Waals surface area contributed by atoms with Gasteiger partial charge >= 0.3 is 0 Å². The van der Waals surface area contributed by atoms with E-state index in [9.17, 15) is 4.79 Å². The number of benzene rings is 1. The van der Waals surface area contributed by atoms with Crippen molar-refractivity contribution in [3.05, 3.63) is 42.7 Å². The van der Waals surface area contributed by atoms with Gasteiger partial charge in [-0.1, -0.05) is 25.1 Å². The average Bonchev–Trinajstić information content (AvgIpc) is 2.63. The molecule has 0 radical (unpaired) electrons. The summed E-state index contributed by atoms with van der Waals surface area (Å²) in [5.74, 6) is 1.70. The van der Waals surface area contributed by atoms with E-state index < -0.39 is 0 Å². The van der Waals surface area contributed by atoms with Crippen LogP contribution in [0.3, 0.4) is 0 Å². The first-order chi connectivity index (χ1) is 12.1. The quantitative estimate of drug-likeness (QED) is 0.801. The summed E-state index contributed by atoms with van der Waals surface area (Å²) < 4.78 is 0. The number of hydrogen-bond donors (Lipinski definition) is 1. The number of anilines is 2. The minimum atomic E-state index is 0.118. The van der Waals surface area contributed by atoms with Gasteiger partial charge < -0.3 is 15.1 Å². The number of hydrogen-bond acceptors (Lipinski definition) is 6. The van der Waals surface area contributed by atoms with Gasteiger partial charge in [-0.2, -0.15) is 0 Å². The Morgan fingerprint density at radius 2 is 2.04 bits per heavy atom. The summed E-state index contributed by atoms with van der Waals surface area (Å²) >= 11 is 1.83. The molecular formula is C18H23N5OS. The summed E-state index contributed by atoms with van der Waals surface area (Å²) in [5, 5.41) is 3.78. The number of aromatic nitrogens is 2. The first kappa shape index (κ1) is 17.5. The van der Waals surface area contributed by atoms with Gasteiger partial charge in [0.1, 0.15) is 18.0 Å². The van der Waals surface area contributed by atoms with Crippen LogP contribution in [-0.4, -0.2) is 59.3 Å². The van der Waals surface area contributed by atoms with E-state index in [0.29, 0.717) is 11.8 Å². The Hall–Kier alpha value is -2.28. The van der Waals surface area contributed by atoms with Gasteiger partial charge in [0, 0.05) is 42.9 Å². The number of carbonyl (C=O) groups is 1. The van der Waals surface area contributed by atoms with Crippen molar-refractivity contribution in [2.45, 2.75) is 17.1 Å². The molecule has 2 heterocycles. The fourth-order valence-corrected chi connectivity index (χ4v) is 3.54. The Bertz CT molecular complexity index is 712. The van der Waals surface area contributed by atoms with Crippen LogP contribution in [0.2, 0.25) is 0 Å². The highest BCUT2D eigenvalue weighted by Crippen LogP contribution is 2.23. The lowest BCUT2D eigenvalue weighted by molar-refractivity contribution is -0.129. The molecule has 0 aliphatic carbocycles. The van der Waals surface area contributed by atoms with Crippen molar-refractivity contribution >= 4 is 29.3 Å². The van der Waals surface area contributed by atoms with E-state index in [1.807, 2.05) is 35.8 Å². The van der Waals surface area contributed by atoms with Gasteiger partial charge in [-0.3, -0.25) is 4.79 Å². The smallest absolute Gasteiger partial charge is 0.241 e. The first-order valence-electron chi connectivity index (χ1n) is 8.38. The maximum Gasteiger partial charge on any atom is 0.241 e. The molecular weight excluding hydrogens is 334 g/mol. The first-order valence-corrected chi connectivity index (χ1v) is 9.26. The van der Waals surface area contributed by atoms with Crippen LogP contribution in [0.25, 0.3) is 0 Å². The molecule has 6 nitrogen and oxygen atoms in total. The van der Waals surface area contributed by atoms with Crippen LogP contribution in [0.5, 0.6) is 0 Å². The van der Waals surface area contributed by atoms with E-state index in [4.69, 9.17) is 0 Å². The predicted octanol–water partition coefficient (Wildman–Crippen LogP) is 2.35. The van der Waals surface area contributed by atoms with Gasteiger partial charge in [-0.15, -0.1) is 11.8 Å². The third kappa shape index (κ3) is 4.85. The molecule has 0 bridgehead atoms. The molecule has 2 aromatic rings. The second-order valence-corrected chi connectivity index (χ2v) is 7.63. The minimum Gasteiger partial charge on any atom is -0.369 e. The highest BCUT2D eigenvalue weighted by Gasteiger charge is 2.22. The number of likely N-dealkylation sites (N-methyl/N-ethyl adjacent to an activating group) is 1. The fourth-order valence-electron chi connectivity index (χ4n) is 2.59. The van der Waals surface area contributed by atoms with E-state index >= 15 is 0 Å². The number of nitrogens with one attached hydrogen (secondary N) is 1. The Balaban J connectivity index is 1.56. The normalized spacial score (nSPS) is 16.0. The third-order valence-electron chi connectivity index (χ3n) is 4.08. The van der Waals surface area contributed by atoms with E-state index in [1.54, 1.807) is 11.2 Å². The van der Waals surface area contributed by atoms with Crippen LogP contribution in [0.1, 0.15) is 6.92 Å². The maximum atomic E-state index is 11.9. The van der Waals surface area contributed by atoms with Crippen LogP contribution in [-0.2, 0) is 4.79 Å². The maximum absolute atomic E-state index is 11.9. The third-order valence-corrected chi connectivity index (χ3v) is 5.20. The molecule has 0 spiro atoms. The Labute approximate surface area is 152 Å². The van der Waals surface area contributed by atoms with Crippen LogP contribution >= 0.6 is 11.8 Å². The van der Waals surface area contributed by atoms with Crippen molar-refractivity contribution < 1.29 is 4.79 Å². The summed E-state index contributed by atoms with van der Waals surface area (Å²) in [6.07, 6.45) is 1.55. The van der Waals surface area contributed by atoms with Gasteiger partial charge in [-0.05, 0) is 12.1 Å². The lowest BCUT2D eigenvalue weighted by atomic mass is 10.3. The van der Waals surface area contributed by atoms with Crippen LogP contribution in [0.4, 0.5) is 11.6 Å². The average molecular weight is 357 g/mol. The summed E-state index contributed by atoms with van der Waals surface area (Å²) in [5.41, 5.74) is 0. The van der Waals surface area contributed by atoms with Crippen molar-refractivity contribution in [3.8, 4) is 0 Å². The number of rotatable bonds is 6. The van der Waals surface area contributed by atoms with Crippen molar-refractivity contribution in [1.82, 2.24) is 14.9 Å². The standard InChI is InChI=1S/C18H23N5OS/c1-14(25-15-6-4-3-5-7-15)11-19-16-10-17(21-13-20-16)23-9-8-22(2)18(24)12-23/h3-7,10,13-14H,8-9,11-12H2,1-2H3,(H,19,20,21). The minimum absolute atomic E-state index is 0.118. The molecule has 1 fully saturated rings. The second-order valence-electron chi connectivity index (χ2n) is 6.12. The van der Waals surface area contributed by atoms with Crippen LogP contribution < -0.4 is 10.2 Å². The molecule has 1 amide bonds. The van der Waals surface area contributed by atoms with Gasteiger partial charge in [0.05, 0.1) is 6.54 Å². The molecule has 1 aromatic carbocycles. The molecule has 1 aliphatic rings. The Kier molecular flexibility index (Phi) is 5.75. The van der Waals surface area contributed by atoms with E-state index in [2.05, 4.69) is 46.5 Å². The van der Waals surface area contributed by atoms with Crippen LogP contribution in [0.15, 0.2) is 47.6 Å². The molecule has 7 heteroatoms. The molecule has 1 unspecified atom stereocenters. The van der Waals surface area contributed by atoms with Gasteiger partial charge in [-0.25, -0.2) is 9.97 Å².